The van der Waals surface area contributed by atoms with E-state index in [0.29, 0.717) is 6.07 Å². The van der Waals surface area contributed by atoms with Gasteiger partial charge in [0.15, 0.2) is 11.6 Å². The highest BCUT2D eigenvalue weighted by molar-refractivity contribution is 7.89. The first-order valence-electron chi connectivity index (χ1n) is 7.08. The highest BCUT2D eigenvalue weighted by Crippen LogP contribution is 2.34. The second-order valence-electron chi connectivity index (χ2n) is 5.23. The van der Waals surface area contributed by atoms with Crippen LogP contribution in [-0.2, 0) is 16.2 Å². The fourth-order valence-electron chi connectivity index (χ4n) is 2.25. The summed E-state index contributed by atoms with van der Waals surface area (Å²) in [5, 5.41) is 0. The predicted octanol–water partition coefficient (Wildman–Crippen LogP) is 3.89. The lowest BCUT2D eigenvalue weighted by Crippen LogP contribution is -2.29. The smallest absolute Gasteiger partial charge is 0.417 e. The van der Waals surface area contributed by atoms with Crippen molar-refractivity contribution in [3.8, 4) is 5.75 Å². The van der Waals surface area contributed by atoms with Gasteiger partial charge in [-0.05, 0) is 36.8 Å². The van der Waals surface area contributed by atoms with Crippen molar-refractivity contribution in [2.45, 2.75) is 24.0 Å². The zero-order valence-corrected chi connectivity index (χ0v) is 14.1. The van der Waals surface area contributed by atoms with Crippen molar-refractivity contribution >= 4 is 10.0 Å². The van der Waals surface area contributed by atoms with Crippen molar-refractivity contribution in [2.24, 2.45) is 0 Å². The molecule has 0 radical (unpaired) electrons. The number of sulfonamides is 1. The fourth-order valence-corrected chi connectivity index (χ4v) is 3.71. The van der Waals surface area contributed by atoms with Crippen LogP contribution < -0.4 is 9.46 Å². The van der Waals surface area contributed by atoms with Crippen LogP contribution in [0.15, 0.2) is 47.4 Å². The van der Waals surface area contributed by atoms with E-state index in [4.69, 9.17) is 4.74 Å². The Morgan fingerprint density at radius 1 is 1.12 bits per heavy atom. The normalized spacial score (nSPS) is 13.5. The van der Waals surface area contributed by atoms with Crippen LogP contribution in [0.3, 0.4) is 0 Å². The van der Waals surface area contributed by atoms with Crippen LogP contribution in [0.2, 0.25) is 0 Å². The van der Waals surface area contributed by atoms with E-state index in [1.165, 1.54) is 32.2 Å². The van der Waals surface area contributed by atoms with Gasteiger partial charge in [0.2, 0.25) is 10.0 Å². The quantitative estimate of drug-likeness (QED) is 0.805. The Bertz CT molecular complexity index is 866. The molecule has 2 aromatic carbocycles. The van der Waals surface area contributed by atoms with Gasteiger partial charge in [0, 0.05) is 6.04 Å². The van der Waals surface area contributed by atoms with Crippen molar-refractivity contribution < 1.29 is 30.7 Å². The van der Waals surface area contributed by atoms with Crippen LogP contribution in [0.5, 0.6) is 5.75 Å². The molecule has 0 aromatic heterocycles. The van der Waals surface area contributed by atoms with Gasteiger partial charge in [-0.3, -0.25) is 0 Å². The molecule has 136 valence electrons. The number of halogens is 4. The molecular formula is C16H15F4NO3S. The average molecular weight is 377 g/mol. The molecule has 2 rings (SSSR count). The summed E-state index contributed by atoms with van der Waals surface area (Å²) in [6, 6.07) is 6.68. The summed E-state index contributed by atoms with van der Waals surface area (Å²) in [7, 11) is -3.20. The van der Waals surface area contributed by atoms with E-state index in [1.54, 1.807) is 0 Å². The van der Waals surface area contributed by atoms with Gasteiger partial charge in [0.05, 0.1) is 17.6 Å². The SMILES string of the molecule is COc1ccc(C(C)NS(=O)(=O)c2ccccc2C(F)(F)F)cc1F. The molecule has 1 atom stereocenters. The average Bonchev–Trinajstić information content (AvgIpc) is 2.53. The van der Waals surface area contributed by atoms with Crippen LogP contribution in [0, 0.1) is 5.82 Å². The first kappa shape index (κ1) is 19.2. The molecule has 25 heavy (non-hydrogen) atoms. The molecule has 0 aliphatic carbocycles. The van der Waals surface area contributed by atoms with Gasteiger partial charge >= 0.3 is 6.18 Å². The van der Waals surface area contributed by atoms with Gasteiger partial charge in [-0.2, -0.15) is 13.2 Å². The molecule has 4 nitrogen and oxygen atoms in total. The number of benzene rings is 2. The van der Waals surface area contributed by atoms with Crippen LogP contribution >= 0.6 is 0 Å². The Morgan fingerprint density at radius 2 is 1.76 bits per heavy atom. The van der Waals surface area contributed by atoms with Crippen LogP contribution in [-0.4, -0.2) is 15.5 Å². The van der Waals surface area contributed by atoms with Gasteiger partial charge in [-0.25, -0.2) is 17.5 Å². The topological polar surface area (TPSA) is 55.4 Å². The van der Waals surface area contributed by atoms with Crippen molar-refractivity contribution in [3.63, 3.8) is 0 Å². The van der Waals surface area contributed by atoms with Crippen LogP contribution in [0.25, 0.3) is 0 Å². The van der Waals surface area contributed by atoms with E-state index < -0.39 is 38.5 Å². The number of hydrogen-bond acceptors (Lipinski definition) is 3. The Kier molecular flexibility index (Phi) is 5.38. The van der Waals surface area contributed by atoms with E-state index in [1.807, 2.05) is 0 Å². The molecule has 0 bridgehead atoms. The van der Waals surface area contributed by atoms with E-state index >= 15 is 0 Å². The summed E-state index contributed by atoms with van der Waals surface area (Å²) in [5.74, 6) is -0.733. The van der Waals surface area contributed by atoms with Gasteiger partial charge in [-0.15, -0.1) is 0 Å². The summed E-state index contributed by atoms with van der Waals surface area (Å²) >= 11 is 0. The molecule has 0 heterocycles. The van der Waals surface area contributed by atoms with Gasteiger partial charge < -0.3 is 4.74 Å². The lowest BCUT2D eigenvalue weighted by molar-refractivity contribution is -0.139. The van der Waals surface area contributed by atoms with Crippen molar-refractivity contribution in [1.29, 1.82) is 0 Å². The van der Waals surface area contributed by atoms with Crippen molar-refractivity contribution in [2.75, 3.05) is 7.11 Å². The number of hydrogen-bond donors (Lipinski definition) is 1. The van der Waals surface area contributed by atoms with Gasteiger partial charge in [-0.1, -0.05) is 18.2 Å². The lowest BCUT2D eigenvalue weighted by atomic mass is 10.1. The van der Waals surface area contributed by atoms with Crippen molar-refractivity contribution in [3.05, 3.63) is 59.4 Å². The molecule has 0 spiro atoms. The molecule has 9 heteroatoms. The maximum atomic E-state index is 13.7. The molecule has 0 aliphatic rings. The highest BCUT2D eigenvalue weighted by atomic mass is 32.2. The molecule has 0 saturated heterocycles. The maximum absolute atomic E-state index is 13.7. The van der Waals surface area contributed by atoms with E-state index in [2.05, 4.69) is 4.72 Å². The number of methoxy groups -OCH3 is 1. The lowest BCUT2D eigenvalue weighted by Gasteiger charge is -2.18. The summed E-state index contributed by atoms with van der Waals surface area (Å²) in [4.78, 5) is -0.886. The third-order valence-electron chi connectivity index (χ3n) is 3.49. The first-order chi connectivity index (χ1) is 11.6. The largest absolute Gasteiger partial charge is 0.494 e. The molecule has 0 amide bonds. The number of ether oxygens (including phenoxy) is 1. The molecule has 0 aliphatic heterocycles. The van der Waals surface area contributed by atoms with Gasteiger partial charge in [0.1, 0.15) is 0 Å². The number of alkyl halides is 3. The monoisotopic (exact) mass is 377 g/mol. The molecule has 1 unspecified atom stereocenters. The summed E-state index contributed by atoms with van der Waals surface area (Å²) < 4.78 is 84.4. The maximum Gasteiger partial charge on any atom is 0.417 e. The second kappa shape index (κ2) is 7.01. The third-order valence-corrected chi connectivity index (χ3v) is 5.09. The molecule has 0 saturated carbocycles. The fraction of sp³-hybridized carbons (Fsp3) is 0.250. The molecular weight excluding hydrogens is 362 g/mol. The van der Waals surface area contributed by atoms with E-state index in [-0.39, 0.29) is 11.3 Å². The number of rotatable bonds is 5. The van der Waals surface area contributed by atoms with Crippen LogP contribution in [0.4, 0.5) is 17.6 Å². The summed E-state index contributed by atoms with van der Waals surface area (Å²) in [5.41, 5.74) is -1.03. The summed E-state index contributed by atoms with van der Waals surface area (Å²) in [6.07, 6.45) is -4.82. The third kappa shape index (κ3) is 4.29. The van der Waals surface area contributed by atoms with Gasteiger partial charge in [0.25, 0.3) is 0 Å². The molecule has 2 aromatic rings. The van der Waals surface area contributed by atoms with E-state index in [0.717, 1.165) is 18.2 Å². The molecule has 0 fully saturated rings. The zero-order valence-electron chi connectivity index (χ0n) is 13.3. The standard InChI is InChI=1S/C16H15F4NO3S/c1-10(11-7-8-14(24-2)13(17)9-11)21-25(22,23)15-6-4-3-5-12(15)16(18,19)20/h3-10,21H,1-2H3. The minimum Gasteiger partial charge on any atom is -0.494 e. The predicted molar refractivity (Wildman–Crippen MR) is 83.1 cm³/mol. The van der Waals surface area contributed by atoms with E-state index in [9.17, 15) is 26.0 Å². The first-order valence-corrected chi connectivity index (χ1v) is 8.56. The van der Waals surface area contributed by atoms with Crippen molar-refractivity contribution in [1.82, 2.24) is 4.72 Å². The highest BCUT2D eigenvalue weighted by Gasteiger charge is 2.37. The minimum absolute atomic E-state index is 0.0266. The second-order valence-corrected chi connectivity index (χ2v) is 6.91. The Labute approximate surface area is 142 Å². The summed E-state index contributed by atoms with van der Waals surface area (Å²) in [6.45, 7) is 1.40. The van der Waals surface area contributed by atoms with Crippen LogP contribution in [0.1, 0.15) is 24.1 Å². The Hall–Kier alpha value is -2.13. The zero-order chi connectivity index (χ0) is 18.8. The Balaban J connectivity index is 2.35. The molecule has 1 N–H and O–H groups in total. The Morgan fingerprint density at radius 3 is 2.32 bits per heavy atom. The minimum atomic E-state index is -4.82. The number of nitrogens with one attached hydrogen (secondary N) is 1.